The average Bonchev–Trinajstić information content (AvgIpc) is 4.22. The number of para-hydroxylation sites is 3. The zero-order valence-corrected chi connectivity index (χ0v) is 43.4. The molecule has 10 aromatic rings. The van der Waals surface area contributed by atoms with Crippen molar-refractivity contribution in [3.8, 4) is 63.4 Å². The van der Waals surface area contributed by atoms with Crippen molar-refractivity contribution in [2.24, 2.45) is 0 Å². The molecule has 0 aliphatic rings. The fourth-order valence-corrected chi connectivity index (χ4v) is 10.9. The second-order valence-electron chi connectivity index (χ2n) is 19.7. The van der Waals surface area contributed by atoms with Gasteiger partial charge < -0.3 is 0 Å². The van der Waals surface area contributed by atoms with Gasteiger partial charge in [-0.3, -0.25) is 13.7 Å². The van der Waals surface area contributed by atoms with Crippen LogP contribution in [0.4, 0.5) is 5.69 Å². The molecule has 3 heterocycles. The zero-order valence-electron chi connectivity index (χ0n) is 43.4. The molecular formula is C66H57N9. The number of benzene rings is 7. The molecule has 0 saturated heterocycles. The number of nitrogens with zero attached hydrogens (tertiary/aromatic N) is 9. The minimum absolute atomic E-state index is 0.618. The van der Waals surface area contributed by atoms with Crippen LogP contribution >= 0.6 is 0 Å². The van der Waals surface area contributed by atoms with E-state index in [4.69, 9.17) is 21.5 Å². The molecule has 0 atom stereocenters. The molecule has 0 aliphatic carbocycles. The minimum atomic E-state index is 0.618. The van der Waals surface area contributed by atoms with Gasteiger partial charge in [0.05, 0.1) is 46.9 Å². The molecule has 3 aromatic heterocycles. The minimum Gasteiger partial charge on any atom is -0.299 e. The Labute approximate surface area is 440 Å². The highest BCUT2D eigenvalue weighted by Gasteiger charge is 2.18. The first-order valence-electron chi connectivity index (χ1n) is 25.5. The maximum atomic E-state index is 10.5. The molecule has 75 heavy (non-hydrogen) atoms. The summed E-state index contributed by atoms with van der Waals surface area (Å²) in [6.07, 6.45) is 15.6. The van der Waals surface area contributed by atoms with Crippen molar-refractivity contribution in [3.63, 3.8) is 0 Å². The molecule has 0 bridgehead atoms. The predicted molar refractivity (Wildman–Crippen MR) is 300 cm³/mol. The third-order valence-corrected chi connectivity index (χ3v) is 14.6. The maximum Gasteiger partial charge on any atom is 0.191 e. The number of hydrogen-bond acceptors (Lipinski definition) is 5. The smallest absolute Gasteiger partial charge is 0.191 e. The molecule has 366 valence electrons. The Kier molecular flexibility index (Phi) is 14.0. The monoisotopic (exact) mass is 975 g/mol. The molecule has 0 spiro atoms. The lowest BCUT2D eigenvalue weighted by atomic mass is 9.92. The molecule has 0 saturated carbocycles. The number of nitriles is 2. The highest BCUT2D eigenvalue weighted by atomic mass is 15.1. The number of imidazole rings is 3. The summed E-state index contributed by atoms with van der Waals surface area (Å²) in [5.74, 6) is 2.40. The van der Waals surface area contributed by atoms with Gasteiger partial charge in [0, 0.05) is 53.9 Å². The molecule has 10 rings (SSSR count). The molecule has 0 amide bonds. The van der Waals surface area contributed by atoms with Gasteiger partial charge in [-0.2, -0.15) is 10.5 Å². The summed E-state index contributed by atoms with van der Waals surface area (Å²) >= 11 is 0. The fourth-order valence-electron chi connectivity index (χ4n) is 10.9. The number of rotatable bonds is 15. The lowest BCUT2D eigenvalue weighted by Gasteiger charge is -2.15. The summed E-state index contributed by atoms with van der Waals surface area (Å²) in [5.41, 5.74) is 21.3. The molecule has 0 unspecified atom stereocenters. The molecule has 9 nitrogen and oxygen atoms in total. The van der Waals surface area contributed by atoms with Gasteiger partial charge in [-0.05, 0) is 165 Å². The fraction of sp³-hybridized carbons (Fsp3) is 0.182. The summed E-state index contributed by atoms with van der Waals surface area (Å²) in [7, 11) is 0. The summed E-state index contributed by atoms with van der Waals surface area (Å²) < 4.78 is 6.35. The second-order valence-corrected chi connectivity index (χ2v) is 19.7. The van der Waals surface area contributed by atoms with Crippen molar-refractivity contribution in [2.75, 3.05) is 0 Å². The van der Waals surface area contributed by atoms with Crippen LogP contribution < -0.4 is 0 Å². The van der Waals surface area contributed by atoms with E-state index in [0.29, 0.717) is 36.1 Å². The largest absolute Gasteiger partial charge is 0.299 e. The Morgan fingerprint density at radius 3 is 1.07 bits per heavy atom. The third-order valence-electron chi connectivity index (χ3n) is 14.6. The summed E-state index contributed by atoms with van der Waals surface area (Å²) in [4.78, 5) is 18.3. The molecule has 0 radical (unpaired) electrons. The van der Waals surface area contributed by atoms with Gasteiger partial charge in [0.2, 0.25) is 0 Å². The predicted octanol–water partition coefficient (Wildman–Crippen LogP) is 14.7. The molecular weight excluding hydrogens is 919 g/mol. The van der Waals surface area contributed by atoms with Crippen LogP contribution in [0.25, 0.3) is 56.1 Å². The lowest BCUT2D eigenvalue weighted by Crippen LogP contribution is -2.03. The van der Waals surface area contributed by atoms with Crippen molar-refractivity contribution in [2.45, 2.75) is 80.1 Å². The Morgan fingerprint density at radius 2 is 0.733 bits per heavy atom. The average molecular weight is 976 g/mol. The van der Waals surface area contributed by atoms with Crippen molar-refractivity contribution < 1.29 is 0 Å². The van der Waals surface area contributed by atoms with Gasteiger partial charge in [-0.25, -0.2) is 19.8 Å². The Bertz CT molecular complexity index is 3440. The topological polar surface area (TPSA) is 105 Å². The van der Waals surface area contributed by atoms with E-state index < -0.39 is 0 Å². The van der Waals surface area contributed by atoms with Crippen LogP contribution in [0, 0.1) is 70.8 Å². The SMILES string of the molecule is [C-]#[N+]c1cc(-c2nccn2-c2c(C)cccc2C)ccc1CCc1cc(CCc2ccc(-c3nccn3-c3c(C)cccc3C)cc2C#N)cc(CCc2ccc(-c3nccn3-c3c(C)cccc3C)cc2C#N)c1. The van der Waals surface area contributed by atoms with E-state index in [2.05, 4.69) is 181 Å². The van der Waals surface area contributed by atoms with E-state index in [1.165, 1.54) is 16.7 Å². The Hall–Kier alpha value is -9.36. The van der Waals surface area contributed by atoms with Crippen LogP contribution in [0.2, 0.25) is 0 Å². The Morgan fingerprint density at radius 1 is 0.413 bits per heavy atom. The standard InChI is InChI=1S/C66H57N9/c1-43-11-8-12-44(2)61(43)73-32-29-70-64(73)55-26-23-52(58(38-55)41-67)20-17-49-35-50(18-21-53-24-27-56(39-59(53)42-68)65-71-30-33-74(65)62-45(3)13-9-14-46(62)4)37-51(36-49)19-22-54-25-28-57(40-60(54)69-7)66-72-31-34-75(66)63-47(5)15-10-16-48(63)6/h8-16,23-40H,17-22H2,1-6H3. The normalized spacial score (nSPS) is 11.1. The van der Waals surface area contributed by atoms with Crippen molar-refractivity contribution in [1.29, 1.82) is 10.5 Å². The van der Waals surface area contributed by atoms with Crippen LogP contribution in [0.3, 0.4) is 0 Å². The molecule has 9 heteroatoms. The summed E-state index contributed by atoms with van der Waals surface area (Å²) in [6.45, 7) is 20.9. The van der Waals surface area contributed by atoms with E-state index in [1.54, 1.807) is 0 Å². The van der Waals surface area contributed by atoms with Crippen LogP contribution in [0.15, 0.2) is 165 Å². The number of hydrogen-bond donors (Lipinski definition) is 0. The quantitative estimate of drug-likeness (QED) is 0.0952. The van der Waals surface area contributed by atoms with E-state index >= 15 is 0 Å². The number of aromatic nitrogens is 6. The van der Waals surface area contributed by atoms with Gasteiger partial charge in [0.25, 0.3) is 0 Å². The second kappa shape index (κ2) is 21.4. The lowest BCUT2D eigenvalue weighted by molar-refractivity contribution is 0.902. The van der Waals surface area contributed by atoms with Crippen LogP contribution in [0.1, 0.15) is 77.9 Å². The van der Waals surface area contributed by atoms with E-state index in [-0.39, 0.29) is 0 Å². The van der Waals surface area contributed by atoms with Gasteiger partial charge >= 0.3 is 0 Å². The van der Waals surface area contributed by atoms with Crippen molar-refractivity contribution >= 4 is 5.69 Å². The molecule has 0 N–H and O–H groups in total. The van der Waals surface area contributed by atoms with Crippen LogP contribution in [-0.4, -0.2) is 28.7 Å². The molecule has 0 fully saturated rings. The van der Waals surface area contributed by atoms with E-state index in [1.807, 2.05) is 55.4 Å². The first kappa shape index (κ1) is 49.2. The van der Waals surface area contributed by atoms with Crippen LogP contribution in [0.5, 0.6) is 0 Å². The highest BCUT2D eigenvalue weighted by molar-refractivity contribution is 5.70. The summed E-state index contributed by atoms with van der Waals surface area (Å²) in [5, 5.41) is 21.1. The Balaban J connectivity index is 0.929. The van der Waals surface area contributed by atoms with Gasteiger partial charge in [-0.1, -0.05) is 109 Å². The van der Waals surface area contributed by atoms with Crippen molar-refractivity contribution in [3.05, 3.63) is 254 Å². The first-order valence-corrected chi connectivity index (χ1v) is 25.5. The molecule has 0 aliphatic heterocycles. The summed E-state index contributed by atoms with van der Waals surface area (Å²) in [6, 6.07) is 49.1. The van der Waals surface area contributed by atoms with Gasteiger partial charge in [0.1, 0.15) is 17.5 Å². The van der Waals surface area contributed by atoms with Gasteiger partial charge in [0.15, 0.2) is 5.69 Å². The molecule has 7 aromatic carbocycles. The van der Waals surface area contributed by atoms with E-state index in [9.17, 15) is 10.5 Å². The van der Waals surface area contributed by atoms with Crippen LogP contribution in [-0.2, 0) is 38.5 Å². The zero-order chi connectivity index (χ0) is 52.2. The van der Waals surface area contributed by atoms with E-state index in [0.717, 1.165) is 121 Å². The highest BCUT2D eigenvalue weighted by Crippen LogP contribution is 2.33. The van der Waals surface area contributed by atoms with Gasteiger partial charge in [-0.15, -0.1) is 0 Å². The first-order chi connectivity index (χ1) is 36.5. The van der Waals surface area contributed by atoms with Crippen molar-refractivity contribution in [1.82, 2.24) is 28.7 Å². The number of aryl methyl sites for hydroxylation is 12. The maximum absolute atomic E-state index is 10.5. The third kappa shape index (κ3) is 10.1.